The predicted octanol–water partition coefficient (Wildman–Crippen LogP) is -1.27. The Morgan fingerprint density at radius 2 is 1.91 bits per heavy atom. The van der Waals surface area contributed by atoms with Gasteiger partial charge in [0.1, 0.15) is 5.75 Å². The molecule has 0 amide bonds. The van der Waals surface area contributed by atoms with E-state index in [2.05, 4.69) is 0 Å². The molecule has 0 unspecified atom stereocenters. The van der Waals surface area contributed by atoms with Crippen molar-refractivity contribution in [3.63, 3.8) is 0 Å². The van der Waals surface area contributed by atoms with E-state index in [1.807, 2.05) is 18.2 Å². The van der Waals surface area contributed by atoms with Gasteiger partial charge in [-0.2, -0.15) is 0 Å². The van der Waals surface area contributed by atoms with Crippen molar-refractivity contribution in [2.75, 3.05) is 0 Å². The molecule has 0 saturated carbocycles. The second-order valence-electron chi connectivity index (χ2n) is 1.91. The second-order valence-corrected chi connectivity index (χ2v) is 1.91. The molecule has 0 aliphatic rings. The van der Waals surface area contributed by atoms with Gasteiger partial charge in [-0.3, -0.25) is 4.79 Å². The molecule has 0 radical (unpaired) electrons. The molecule has 3 heteroatoms. The van der Waals surface area contributed by atoms with Crippen LogP contribution in [0.2, 0.25) is 0 Å². The first-order chi connectivity index (χ1) is 4.79. The molecule has 1 aromatic rings. The van der Waals surface area contributed by atoms with Crippen LogP contribution in [0.1, 0.15) is 8.35 Å². The first-order valence-electron chi connectivity index (χ1n) is 3.02. The van der Waals surface area contributed by atoms with E-state index in [4.69, 9.17) is 4.74 Å². The fraction of sp³-hybridized carbons (Fsp3) is 0.125. The average molecular weight is 144 g/mol. The smallest absolute Gasteiger partial charge is 1.00 e. The number of benzene rings is 1. The van der Waals surface area contributed by atoms with E-state index in [1.54, 1.807) is 12.1 Å². The predicted molar refractivity (Wildman–Crippen MR) is 38.9 cm³/mol. The molecule has 0 aliphatic carbocycles. The van der Waals surface area contributed by atoms with Gasteiger partial charge in [-0.25, -0.2) is 0 Å². The maximum absolute atomic E-state index is 10.4. The van der Waals surface area contributed by atoms with Crippen LogP contribution in [-0.2, 0) is 4.79 Å². The van der Waals surface area contributed by atoms with Crippen molar-refractivity contribution in [2.45, 2.75) is 6.92 Å². The molecule has 11 heavy (non-hydrogen) atoms. The molecule has 1 rings (SSSR count). The second kappa shape index (κ2) is 5.01. The van der Waals surface area contributed by atoms with Gasteiger partial charge in [0.2, 0.25) is 0 Å². The van der Waals surface area contributed by atoms with Crippen LogP contribution in [-0.4, -0.2) is 5.97 Å². The summed E-state index contributed by atoms with van der Waals surface area (Å²) in [7, 11) is 0. The fourth-order valence-corrected chi connectivity index (χ4v) is 0.655. The van der Waals surface area contributed by atoms with E-state index in [1.165, 1.54) is 6.92 Å². The molecule has 0 spiro atoms. The minimum absolute atomic E-state index is 0. The van der Waals surface area contributed by atoms with Gasteiger partial charge in [-0.15, -0.1) is 0 Å². The Balaban J connectivity index is 0. The summed E-state index contributed by atoms with van der Waals surface area (Å²) in [5.41, 5.74) is 0. The summed E-state index contributed by atoms with van der Waals surface area (Å²) in [6, 6.07) is 8.98. The van der Waals surface area contributed by atoms with Crippen LogP contribution in [0.4, 0.5) is 0 Å². The van der Waals surface area contributed by atoms with Crippen molar-refractivity contribution >= 4 is 5.97 Å². The third kappa shape index (κ3) is 3.87. The van der Waals surface area contributed by atoms with Crippen molar-refractivity contribution in [2.24, 2.45) is 0 Å². The van der Waals surface area contributed by atoms with E-state index >= 15 is 0 Å². The number of carbonyl (C=O) groups is 1. The monoisotopic (exact) mass is 144 g/mol. The Morgan fingerprint density at radius 3 is 2.36 bits per heavy atom. The molecule has 1 aromatic carbocycles. The maximum Gasteiger partial charge on any atom is 1.00 e. The van der Waals surface area contributed by atoms with Gasteiger partial charge >= 0.3 is 24.8 Å². The number of carbonyl (C=O) groups excluding carboxylic acids is 1. The van der Waals surface area contributed by atoms with Crippen LogP contribution in [0.3, 0.4) is 0 Å². The number of esters is 1. The molecule has 0 aliphatic heterocycles. The van der Waals surface area contributed by atoms with Crippen molar-refractivity contribution in [3.8, 4) is 5.75 Å². The molecular weight excluding hydrogens is 135 g/mol. The molecular formula is C8H9LiO2. The van der Waals surface area contributed by atoms with Gasteiger partial charge in [-0.1, -0.05) is 18.2 Å². The summed E-state index contributed by atoms with van der Waals surface area (Å²) in [4.78, 5) is 10.4. The van der Waals surface area contributed by atoms with E-state index in [0.717, 1.165) is 0 Å². The largest absolute Gasteiger partial charge is 1.00 e. The Bertz CT molecular complexity index is 226. The number of hydrogen-bond acceptors (Lipinski definition) is 2. The minimum atomic E-state index is -0.286. The molecule has 0 atom stereocenters. The van der Waals surface area contributed by atoms with E-state index < -0.39 is 0 Å². The van der Waals surface area contributed by atoms with Crippen LogP contribution in [0, 0.1) is 0 Å². The van der Waals surface area contributed by atoms with Crippen molar-refractivity contribution in [1.82, 2.24) is 0 Å². The minimum Gasteiger partial charge on any atom is -1.00 e. The van der Waals surface area contributed by atoms with Gasteiger partial charge in [0.25, 0.3) is 0 Å². The first kappa shape index (κ1) is 10.3. The number of rotatable bonds is 1. The standard InChI is InChI=1S/C8H8O2.Li.H/c1-7(9)10-8-5-3-2-4-6-8;;/h2-6H,1H3;;/q;+1;-1. The normalized spacial score (nSPS) is 8.09. The zero-order valence-corrected chi connectivity index (χ0v) is 6.70. The molecule has 0 bridgehead atoms. The van der Waals surface area contributed by atoms with Crippen molar-refractivity contribution < 1.29 is 29.8 Å². The molecule has 54 valence electrons. The summed E-state index contributed by atoms with van der Waals surface area (Å²) in [6.07, 6.45) is 0. The maximum atomic E-state index is 10.4. The van der Waals surface area contributed by atoms with Gasteiger partial charge < -0.3 is 6.16 Å². The molecule has 0 heterocycles. The fourth-order valence-electron chi connectivity index (χ4n) is 0.655. The van der Waals surface area contributed by atoms with Crippen LogP contribution < -0.4 is 23.6 Å². The zero-order chi connectivity index (χ0) is 7.40. The summed E-state index contributed by atoms with van der Waals surface area (Å²) in [5.74, 6) is 0.307. The van der Waals surface area contributed by atoms with E-state index in [0.29, 0.717) is 5.75 Å². The van der Waals surface area contributed by atoms with Crippen LogP contribution in [0.5, 0.6) is 5.75 Å². The van der Waals surface area contributed by atoms with E-state index in [9.17, 15) is 4.79 Å². The van der Waals surface area contributed by atoms with Gasteiger partial charge in [-0.05, 0) is 12.1 Å². The summed E-state index contributed by atoms with van der Waals surface area (Å²) >= 11 is 0. The first-order valence-corrected chi connectivity index (χ1v) is 3.02. The third-order valence-electron chi connectivity index (χ3n) is 1.00. The Labute approximate surface area is 79.2 Å². The Kier molecular flexibility index (Phi) is 4.68. The number of hydrogen-bond donors (Lipinski definition) is 0. The zero-order valence-electron chi connectivity index (χ0n) is 7.70. The topological polar surface area (TPSA) is 26.3 Å². The summed E-state index contributed by atoms with van der Waals surface area (Å²) in [5, 5.41) is 0. The summed E-state index contributed by atoms with van der Waals surface area (Å²) < 4.78 is 4.78. The van der Waals surface area contributed by atoms with Crippen molar-refractivity contribution in [3.05, 3.63) is 30.3 Å². The quantitative estimate of drug-likeness (QED) is 0.279. The molecule has 0 fully saturated rings. The van der Waals surface area contributed by atoms with Gasteiger partial charge in [0, 0.05) is 6.92 Å². The molecule has 0 saturated heterocycles. The van der Waals surface area contributed by atoms with Crippen LogP contribution in [0.15, 0.2) is 30.3 Å². The van der Waals surface area contributed by atoms with Gasteiger partial charge in [0.15, 0.2) is 0 Å². The number of para-hydroxylation sites is 1. The molecule has 2 nitrogen and oxygen atoms in total. The summed E-state index contributed by atoms with van der Waals surface area (Å²) in [6.45, 7) is 1.38. The third-order valence-corrected chi connectivity index (χ3v) is 1.00. The van der Waals surface area contributed by atoms with Crippen molar-refractivity contribution in [1.29, 1.82) is 0 Å². The SMILES string of the molecule is CC(=O)Oc1ccccc1.[H-].[Li+]. The molecule has 0 N–H and O–H groups in total. The molecule has 0 aromatic heterocycles. The number of ether oxygens (including phenoxy) is 1. The Hall–Kier alpha value is -0.713. The van der Waals surface area contributed by atoms with Gasteiger partial charge in [0.05, 0.1) is 0 Å². The van der Waals surface area contributed by atoms with Crippen LogP contribution in [0.25, 0.3) is 0 Å². The average Bonchev–Trinajstić information content (AvgIpc) is 1.88. The Morgan fingerprint density at radius 1 is 1.36 bits per heavy atom. The van der Waals surface area contributed by atoms with Crippen LogP contribution >= 0.6 is 0 Å². The van der Waals surface area contributed by atoms with E-state index in [-0.39, 0.29) is 26.3 Å².